The van der Waals surface area contributed by atoms with Crippen molar-refractivity contribution in [3.8, 4) is 0 Å². The number of nitro groups is 1. The van der Waals surface area contributed by atoms with Gasteiger partial charge in [-0.05, 0) is 6.07 Å². The highest BCUT2D eigenvalue weighted by atomic mass is 16.6. The molecule has 2 rings (SSSR count). The van der Waals surface area contributed by atoms with Crippen LogP contribution in [0.1, 0.15) is 16.9 Å². The predicted molar refractivity (Wildman–Crippen MR) is 88.7 cm³/mol. The molecule has 2 amide bonds. The van der Waals surface area contributed by atoms with Gasteiger partial charge in [0.2, 0.25) is 5.91 Å². The Balaban J connectivity index is 1.68. The van der Waals surface area contributed by atoms with Gasteiger partial charge in [-0.25, -0.2) is 0 Å². The van der Waals surface area contributed by atoms with Crippen molar-refractivity contribution in [1.29, 1.82) is 0 Å². The molecule has 2 heterocycles. The summed E-state index contributed by atoms with van der Waals surface area (Å²) in [6.45, 7) is 0.263. The minimum absolute atomic E-state index is 0.103. The van der Waals surface area contributed by atoms with Crippen molar-refractivity contribution >= 4 is 23.5 Å². The Bertz CT molecular complexity index is 843. The Hall–Kier alpha value is -3.77. The summed E-state index contributed by atoms with van der Waals surface area (Å²) in [6.07, 6.45) is 3.59. The number of carbonyl (C=O) groups excluding carboxylic acids is 2. The van der Waals surface area contributed by atoms with E-state index in [0.717, 1.165) is 17.1 Å². The van der Waals surface area contributed by atoms with Gasteiger partial charge in [-0.15, -0.1) is 0 Å². The van der Waals surface area contributed by atoms with Crippen LogP contribution in [0.15, 0.2) is 24.7 Å². The van der Waals surface area contributed by atoms with Crippen LogP contribution >= 0.6 is 0 Å². The summed E-state index contributed by atoms with van der Waals surface area (Å²) < 4.78 is 2.49. The van der Waals surface area contributed by atoms with E-state index in [9.17, 15) is 24.5 Å². The van der Waals surface area contributed by atoms with Gasteiger partial charge in [0.05, 0.1) is 17.9 Å². The van der Waals surface area contributed by atoms with E-state index in [0.29, 0.717) is 0 Å². The molecule has 3 N–H and O–H groups in total. The van der Waals surface area contributed by atoms with Crippen LogP contribution in [0.25, 0.3) is 0 Å². The average molecular weight is 379 g/mol. The number of nitrogens with one attached hydrogen (secondary N) is 2. The van der Waals surface area contributed by atoms with E-state index in [4.69, 9.17) is 5.11 Å². The van der Waals surface area contributed by atoms with Crippen molar-refractivity contribution in [2.75, 3.05) is 13.1 Å². The zero-order valence-electron chi connectivity index (χ0n) is 14.1. The SMILES string of the molecule is O=C(O)CCn1ccc(C(=O)NCCNC(=O)Cn2cc([N+](=O)[O-])cn2)n1. The number of amides is 2. The first kappa shape index (κ1) is 19.6. The van der Waals surface area contributed by atoms with E-state index in [-0.39, 0.29) is 44.0 Å². The van der Waals surface area contributed by atoms with Gasteiger partial charge in [-0.3, -0.25) is 33.9 Å². The normalized spacial score (nSPS) is 10.4. The summed E-state index contributed by atoms with van der Waals surface area (Å²) in [5.74, 6) is -1.84. The maximum absolute atomic E-state index is 11.9. The molecule has 0 aliphatic heterocycles. The molecule has 27 heavy (non-hydrogen) atoms. The number of hydrogen-bond acceptors (Lipinski definition) is 7. The van der Waals surface area contributed by atoms with Gasteiger partial charge >= 0.3 is 11.7 Å². The molecule has 2 aromatic heterocycles. The standard InChI is InChI=1S/C14H17N7O6/c22-12(9-20-8-10(7-17-20)21(26)27)15-3-4-16-14(25)11-1-5-19(18-11)6-2-13(23)24/h1,5,7-8H,2-4,6,9H2,(H,15,22)(H,16,25)(H,23,24). The molecule has 2 aromatic rings. The molecule has 0 fully saturated rings. The Kier molecular flexibility index (Phi) is 6.57. The fraction of sp³-hybridized carbons (Fsp3) is 0.357. The van der Waals surface area contributed by atoms with Crippen LogP contribution in [-0.2, 0) is 22.7 Å². The first-order valence-electron chi connectivity index (χ1n) is 7.82. The Labute approximate surface area is 152 Å². The van der Waals surface area contributed by atoms with E-state index < -0.39 is 22.7 Å². The zero-order chi connectivity index (χ0) is 19.8. The lowest BCUT2D eigenvalue weighted by molar-refractivity contribution is -0.385. The molecule has 13 nitrogen and oxygen atoms in total. The molecule has 0 saturated carbocycles. The summed E-state index contributed by atoms with van der Waals surface area (Å²) in [5, 5.41) is 31.9. The Morgan fingerprint density at radius 2 is 1.96 bits per heavy atom. The lowest BCUT2D eigenvalue weighted by Crippen LogP contribution is -2.36. The highest BCUT2D eigenvalue weighted by Gasteiger charge is 2.12. The second kappa shape index (κ2) is 9.07. The molecule has 0 saturated heterocycles. The Morgan fingerprint density at radius 3 is 2.63 bits per heavy atom. The summed E-state index contributed by atoms with van der Waals surface area (Å²) in [4.78, 5) is 44.0. The summed E-state index contributed by atoms with van der Waals surface area (Å²) in [7, 11) is 0. The monoisotopic (exact) mass is 379 g/mol. The number of aliphatic carboxylic acids is 1. The maximum Gasteiger partial charge on any atom is 0.307 e. The molecule has 0 bridgehead atoms. The van der Waals surface area contributed by atoms with Crippen LogP contribution in [0.5, 0.6) is 0 Å². The van der Waals surface area contributed by atoms with Crippen LogP contribution in [-0.4, -0.2) is 60.5 Å². The summed E-state index contributed by atoms with van der Waals surface area (Å²) in [6, 6.07) is 1.46. The van der Waals surface area contributed by atoms with Crippen molar-refractivity contribution < 1.29 is 24.4 Å². The van der Waals surface area contributed by atoms with E-state index in [2.05, 4.69) is 20.8 Å². The predicted octanol–water partition coefficient (Wildman–Crippen LogP) is -0.991. The molecular formula is C14H17N7O6. The molecule has 0 aliphatic rings. The van der Waals surface area contributed by atoms with Gasteiger partial charge in [-0.2, -0.15) is 10.2 Å². The number of aryl methyl sites for hydroxylation is 1. The van der Waals surface area contributed by atoms with Crippen LogP contribution in [0.3, 0.4) is 0 Å². The largest absolute Gasteiger partial charge is 0.481 e. The zero-order valence-corrected chi connectivity index (χ0v) is 14.1. The first-order chi connectivity index (χ1) is 12.8. The van der Waals surface area contributed by atoms with Gasteiger partial charge in [0.1, 0.15) is 24.6 Å². The van der Waals surface area contributed by atoms with Crippen LogP contribution in [0, 0.1) is 10.1 Å². The third-order valence-electron chi connectivity index (χ3n) is 3.30. The summed E-state index contributed by atoms with van der Waals surface area (Å²) in [5.41, 5.74) is -0.0755. The maximum atomic E-state index is 11.9. The van der Waals surface area contributed by atoms with Crippen molar-refractivity contribution in [2.24, 2.45) is 0 Å². The van der Waals surface area contributed by atoms with Gasteiger partial charge < -0.3 is 15.7 Å². The summed E-state index contributed by atoms with van der Waals surface area (Å²) >= 11 is 0. The number of aromatic nitrogens is 4. The molecule has 0 unspecified atom stereocenters. The van der Waals surface area contributed by atoms with E-state index in [1.165, 1.54) is 16.9 Å². The second-order valence-corrected chi connectivity index (χ2v) is 5.37. The van der Waals surface area contributed by atoms with Crippen molar-refractivity contribution in [2.45, 2.75) is 19.5 Å². The molecule has 0 aromatic carbocycles. The third-order valence-corrected chi connectivity index (χ3v) is 3.30. The molecule has 0 aliphatic carbocycles. The minimum Gasteiger partial charge on any atom is -0.481 e. The van der Waals surface area contributed by atoms with E-state index in [1.54, 1.807) is 0 Å². The number of nitrogens with zero attached hydrogens (tertiary/aromatic N) is 5. The van der Waals surface area contributed by atoms with E-state index >= 15 is 0 Å². The molecule has 13 heteroatoms. The van der Waals surface area contributed by atoms with Gasteiger partial charge in [0, 0.05) is 19.3 Å². The van der Waals surface area contributed by atoms with Gasteiger partial charge in [-0.1, -0.05) is 0 Å². The molecular weight excluding hydrogens is 362 g/mol. The second-order valence-electron chi connectivity index (χ2n) is 5.37. The lowest BCUT2D eigenvalue weighted by atomic mass is 10.4. The smallest absolute Gasteiger partial charge is 0.307 e. The lowest BCUT2D eigenvalue weighted by Gasteiger charge is -2.06. The average Bonchev–Trinajstić information content (AvgIpc) is 3.26. The number of rotatable bonds is 10. The van der Waals surface area contributed by atoms with Crippen LogP contribution < -0.4 is 10.6 Å². The molecule has 144 valence electrons. The van der Waals surface area contributed by atoms with Crippen LogP contribution in [0.4, 0.5) is 5.69 Å². The topological polar surface area (TPSA) is 174 Å². The number of carboxylic acids is 1. The Morgan fingerprint density at radius 1 is 1.22 bits per heavy atom. The molecule has 0 radical (unpaired) electrons. The van der Waals surface area contributed by atoms with Gasteiger partial charge in [0.15, 0.2) is 0 Å². The molecule has 0 spiro atoms. The number of carboxylic acid groups (broad SMARTS) is 1. The molecule has 0 atom stereocenters. The van der Waals surface area contributed by atoms with Crippen molar-refractivity contribution in [3.63, 3.8) is 0 Å². The fourth-order valence-electron chi connectivity index (χ4n) is 2.02. The third kappa shape index (κ3) is 6.22. The van der Waals surface area contributed by atoms with Crippen molar-refractivity contribution in [3.05, 3.63) is 40.5 Å². The number of hydrogen-bond donors (Lipinski definition) is 3. The quantitative estimate of drug-likeness (QED) is 0.268. The fourth-order valence-corrected chi connectivity index (χ4v) is 2.02. The first-order valence-corrected chi connectivity index (χ1v) is 7.82. The highest BCUT2D eigenvalue weighted by Crippen LogP contribution is 2.07. The van der Waals surface area contributed by atoms with Crippen molar-refractivity contribution in [1.82, 2.24) is 30.2 Å². The number of carbonyl (C=O) groups is 3. The minimum atomic E-state index is -0.961. The van der Waals surface area contributed by atoms with Crippen LogP contribution in [0.2, 0.25) is 0 Å². The van der Waals surface area contributed by atoms with E-state index in [1.807, 2.05) is 0 Å². The highest BCUT2D eigenvalue weighted by molar-refractivity contribution is 5.92. The van der Waals surface area contributed by atoms with Gasteiger partial charge in [0.25, 0.3) is 5.91 Å².